The molecule has 0 aliphatic rings. The summed E-state index contributed by atoms with van der Waals surface area (Å²) >= 11 is 1.69. The highest BCUT2D eigenvalue weighted by molar-refractivity contribution is 7.98. The number of aromatic nitrogens is 1. The van der Waals surface area contributed by atoms with Crippen LogP contribution in [0.2, 0.25) is 0 Å². The van der Waals surface area contributed by atoms with Gasteiger partial charge in [0, 0.05) is 36.2 Å². The van der Waals surface area contributed by atoms with Crippen LogP contribution in [0, 0.1) is 10.1 Å². The van der Waals surface area contributed by atoms with Crippen molar-refractivity contribution < 1.29 is 9.66 Å². The minimum absolute atomic E-state index is 0.268. The number of nitro groups is 1. The number of hydrogen-bond acceptors (Lipinski definition) is 6. The smallest absolute Gasteiger partial charge is 0.259 e. The van der Waals surface area contributed by atoms with Gasteiger partial charge < -0.3 is 10.1 Å². The molecule has 8 heteroatoms. The number of amidine groups is 1. The van der Waals surface area contributed by atoms with Crippen LogP contribution in [0.1, 0.15) is 12.6 Å². The van der Waals surface area contributed by atoms with E-state index in [9.17, 15) is 10.1 Å². The number of rotatable bonds is 9. The van der Waals surface area contributed by atoms with E-state index in [2.05, 4.69) is 15.3 Å². The second-order valence-electron chi connectivity index (χ2n) is 4.02. The van der Waals surface area contributed by atoms with Crippen LogP contribution >= 0.6 is 11.8 Å². The molecule has 0 radical (unpaired) electrons. The molecule has 116 valence electrons. The number of aliphatic imine (C=N–C) groups is 1. The molecule has 0 spiro atoms. The molecule has 0 atom stereocenters. The quantitative estimate of drug-likeness (QED) is 0.245. The summed E-state index contributed by atoms with van der Waals surface area (Å²) < 4.78 is 5.51. The van der Waals surface area contributed by atoms with E-state index in [1.807, 2.05) is 19.1 Å². The van der Waals surface area contributed by atoms with Crippen LogP contribution in [-0.4, -0.2) is 48.2 Å². The van der Waals surface area contributed by atoms with Crippen molar-refractivity contribution in [2.24, 2.45) is 4.99 Å². The maximum absolute atomic E-state index is 10.4. The first-order valence-corrected chi connectivity index (χ1v) is 7.78. The highest BCUT2D eigenvalue weighted by atomic mass is 32.2. The minimum Gasteiger partial charge on any atom is -0.492 e. The van der Waals surface area contributed by atoms with E-state index in [0.717, 1.165) is 22.9 Å². The third-order valence-corrected chi connectivity index (χ3v) is 3.48. The first-order valence-electron chi connectivity index (χ1n) is 6.63. The molecular formula is C13H20N4O3S. The van der Waals surface area contributed by atoms with E-state index in [-0.39, 0.29) is 6.54 Å². The molecule has 1 heterocycles. The van der Waals surface area contributed by atoms with E-state index in [1.54, 1.807) is 25.0 Å². The summed E-state index contributed by atoms with van der Waals surface area (Å²) in [5.41, 5.74) is 0.916. The summed E-state index contributed by atoms with van der Waals surface area (Å²) in [5, 5.41) is 13.4. The summed E-state index contributed by atoms with van der Waals surface area (Å²) in [5.74, 6) is 2.75. The minimum atomic E-state index is -0.398. The topological polar surface area (TPSA) is 89.6 Å². The van der Waals surface area contributed by atoms with Crippen LogP contribution in [0.25, 0.3) is 0 Å². The predicted molar refractivity (Wildman–Crippen MR) is 84.8 cm³/mol. The molecule has 0 saturated heterocycles. The molecule has 1 N–H and O–H groups in total. The molecule has 0 fully saturated rings. The molecule has 21 heavy (non-hydrogen) atoms. The molecule has 1 rings (SSSR count). The second kappa shape index (κ2) is 9.98. The van der Waals surface area contributed by atoms with Crippen LogP contribution in [0.15, 0.2) is 23.3 Å². The average Bonchev–Trinajstić information content (AvgIpc) is 2.47. The van der Waals surface area contributed by atoms with Gasteiger partial charge in [0.25, 0.3) is 6.54 Å². The highest BCUT2D eigenvalue weighted by Gasteiger charge is 2.06. The van der Waals surface area contributed by atoms with Gasteiger partial charge in [-0.05, 0) is 19.1 Å². The molecule has 7 nitrogen and oxygen atoms in total. The first-order chi connectivity index (χ1) is 10.2. The number of pyridine rings is 1. The molecule has 0 aromatic carbocycles. The van der Waals surface area contributed by atoms with Gasteiger partial charge in [-0.1, -0.05) is 0 Å². The van der Waals surface area contributed by atoms with Gasteiger partial charge in [0.15, 0.2) is 5.84 Å². The molecule has 1 aromatic rings. The largest absolute Gasteiger partial charge is 0.492 e. The predicted octanol–water partition coefficient (Wildman–Crippen LogP) is 1.61. The SMILES string of the molecule is CCOc1cccnc1CSCCNC(C[N+](=O)[O-])=NC. The number of nitrogens with one attached hydrogen (secondary N) is 1. The third kappa shape index (κ3) is 6.94. The monoisotopic (exact) mass is 312 g/mol. The molecule has 0 aliphatic carbocycles. The van der Waals surface area contributed by atoms with E-state index in [4.69, 9.17) is 4.74 Å². The average molecular weight is 312 g/mol. The van der Waals surface area contributed by atoms with Gasteiger partial charge in [0.05, 0.1) is 12.3 Å². The number of ether oxygens (including phenoxy) is 1. The lowest BCUT2D eigenvalue weighted by molar-refractivity contribution is -0.463. The van der Waals surface area contributed by atoms with Crippen LogP contribution in [0.4, 0.5) is 0 Å². The fourth-order valence-electron chi connectivity index (χ4n) is 1.58. The molecule has 0 bridgehead atoms. The Balaban J connectivity index is 2.30. The van der Waals surface area contributed by atoms with Gasteiger partial charge in [-0.25, -0.2) is 0 Å². The standard InChI is InChI=1S/C13H20N4O3S/c1-3-20-12-5-4-6-15-11(12)10-21-8-7-16-13(14-2)9-17(18)19/h4-6H,3,7-10H2,1-2H3,(H,14,16). The maximum atomic E-state index is 10.4. The van der Waals surface area contributed by atoms with Gasteiger partial charge in [-0.2, -0.15) is 11.8 Å². The van der Waals surface area contributed by atoms with E-state index in [0.29, 0.717) is 19.0 Å². The number of thioether (sulfide) groups is 1. The normalized spacial score (nSPS) is 11.2. The zero-order chi connectivity index (χ0) is 15.5. The number of hydrogen-bond donors (Lipinski definition) is 1. The van der Waals surface area contributed by atoms with Gasteiger partial charge >= 0.3 is 0 Å². The van der Waals surface area contributed by atoms with Gasteiger partial charge in [0.1, 0.15) is 5.75 Å². The fourth-order valence-corrected chi connectivity index (χ4v) is 2.38. The Morgan fingerprint density at radius 3 is 3.10 bits per heavy atom. The zero-order valence-corrected chi connectivity index (χ0v) is 13.1. The first kappa shape index (κ1) is 17.2. The van der Waals surface area contributed by atoms with Crippen molar-refractivity contribution in [2.45, 2.75) is 12.7 Å². The van der Waals surface area contributed by atoms with Gasteiger partial charge in [-0.3, -0.25) is 20.1 Å². The maximum Gasteiger partial charge on any atom is 0.259 e. The van der Waals surface area contributed by atoms with Crippen LogP contribution in [-0.2, 0) is 5.75 Å². The van der Waals surface area contributed by atoms with Gasteiger partial charge in [-0.15, -0.1) is 0 Å². The number of nitrogens with zero attached hydrogens (tertiary/aromatic N) is 3. The lowest BCUT2D eigenvalue weighted by atomic mass is 10.3. The van der Waals surface area contributed by atoms with Crippen molar-refractivity contribution in [3.8, 4) is 5.75 Å². The van der Waals surface area contributed by atoms with Crippen molar-refractivity contribution in [2.75, 3.05) is 32.5 Å². The van der Waals surface area contributed by atoms with Crippen molar-refractivity contribution in [3.05, 3.63) is 34.1 Å². The lowest BCUT2D eigenvalue weighted by Gasteiger charge is -2.09. The van der Waals surface area contributed by atoms with E-state index < -0.39 is 4.92 Å². The summed E-state index contributed by atoms with van der Waals surface area (Å²) in [6.07, 6.45) is 1.75. The third-order valence-electron chi connectivity index (χ3n) is 2.51. The Labute approximate surface area is 128 Å². The summed E-state index contributed by atoms with van der Waals surface area (Å²) in [4.78, 5) is 18.2. The summed E-state index contributed by atoms with van der Waals surface area (Å²) in [7, 11) is 1.54. The van der Waals surface area contributed by atoms with Crippen LogP contribution in [0.3, 0.4) is 0 Å². The van der Waals surface area contributed by atoms with Crippen molar-refractivity contribution >= 4 is 17.6 Å². The van der Waals surface area contributed by atoms with Crippen molar-refractivity contribution in [3.63, 3.8) is 0 Å². The molecular weight excluding hydrogens is 292 g/mol. The molecule has 0 amide bonds. The van der Waals surface area contributed by atoms with Crippen molar-refractivity contribution in [1.82, 2.24) is 10.3 Å². The highest BCUT2D eigenvalue weighted by Crippen LogP contribution is 2.20. The second-order valence-corrected chi connectivity index (χ2v) is 5.13. The van der Waals surface area contributed by atoms with Crippen LogP contribution < -0.4 is 10.1 Å². The van der Waals surface area contributed by atoms with Crippen LogP contribution in [0.5, 0.6) is 5.75 Å². The molecule has 0 aliphatic heterocycles. The summed E-state index contributed by atoms with van der Waals surface area (Å²) in [6.45, 7) is 2.91. The summed E-state index contributed by atoms with van der Waals surface area (Å²) in [6, 6.07) is 3.76. The fraction of sp³-hybridized carbons (Fsp3) is 0.538. The molecule has 1 aromatic heterocycles. The Hall–Kier alpha value is -1.83. The molecule has 0 unspecified atom stereocenters. The Morgan fingerprint density at radius 2 is 2.43 bits per heavy atom. The van der Waals surface area contributed by atoms with E-state index >= 15 is 0 Å². The van der Waals surface area contributed by atoms with E-state index in [1.165, 1.54) is 0 Å². The molecule has 0 saturated carbocycles. The Kier molecular flexibility index (Phi) is 8.18. The lowest BCUT2D eigenvalue weighted by Crippen LogP contribution is -2.31. The van der Waals surface area contributed by atoms with Gasteiger partial charge in [0.2, 0.25) is 0 Å². The zero-order valence-electron chi connectivity index (χ0n) is 12.2. The Morgan fingerprint density at radius 1 is 1.62 bits per heavy atom. The van der Waals surface area contributed by atoms with Crippen molar-refractivity contribution in [1.29, 1.82) is 0 Å². The Bertz CT molecular complexity index is 482.